The highest BCUT2D eigenvalue weighted by atomic mass is 32.2. The van der Waals surface area contributed by atoms with Gasteiger partial charge in [-0.15, -0.1) is 0 Å². The molecule has 1 aliphatic rings. The molecule has 5 nitrogen and oxygen atoms in total. The highest BCUT2D eigenvalue weighted by Gasteiger charge is 2.28. The Kier molecular flexibility index (Phi) is 6.93. The van der Waals surface area contributed by atoms with Crippen molar-refractivity contribution in [2.24, 2.45) is 0 Å². The molecule has 0 spiro atoms. The van der Waals surface area contributed by atoms with E-state index in [4.69, 9.17) is 4.74 Å². The first-order valence-electron chi connectivity index (χ1n) is 10.6. The smallest absolute Gasteiger partial charge is 0.259 e. The van der Waals surface area contributed by atoms with Crippen molar-refractivity contribution < 1.29 is 14.3 Å². The third-order valence-corrected chi connectivity index (χ3v) is 6.64. The van der Waals surface area contributed by atoms with Crippen LogP contribution in [-0.2, 0) is 11.3 Å². The molecular formula is C26H26N2O3S. The number of benzene rings is 3. The normalized spacial score (nSPS) is 12.7. The van der Waals surface area contributed by atoms with Crippen LogP contribution in [0.5, 0.6) is 0 Å². The largest absolute Gasteiger partial charge is 0.385 e. The summed E-state index contributed by atoms with van der Waals surface area (Å²) in [5, 5.41) is 2.93. The first-order chi connectivity index (χ1) is 15.6. The molecule has 32 heavy (non-hydrogen) atoms. The molecule has 3 aromatic carbocycles. The zero-order valence-electron chi connectivity index (χ0n) is 18.3. The van der Waals surface area contributed by atoms with Gasteiger partial charge in [-0.3, -0.25) is 9.59 Å². The molecule has 2 amide bonds. The van der Waals surface area contributed by atoms with Gasteiger partial charge in [-0.2, -0.15) is 0 Å². The van der Waals surface area contributed by atoms with Crippen LogP contribution in [-0.4, -0.2) is 32.1 Å². The predicted molar refractivity (Wildman–Crippen MR) is 128 cm³/mol. The number of carbonyl (C=O) groups is 2. The van der Waals surface area contributed by atoms with Gasteiger partial charge in [-0.25, -0.2) is 0 Å². The Hall–Kier alpha value is -3.09. The van der Waals surface area contributed by atoms with E-state index >= 15 is 0 Å². The first kappa shape index (κ1) is 22.1. The minimum Gasteiger partial charge on any atom is -0.385 e. The second kappa shape index (κ2) is 10.0. The van der Waals surface area contributed by atoms with Gasteiger partial charge in [0.05, 0.1) is 17.8 Å². The molecule has 1 N–H and O–H groups in total. The number of methoxy groups -OCH3 is 1. The Morgan fingerprint density at radius 1 is 1.03 bits per heavy atom. The SMILES string of the molecule is COCCCNC(=O)c1ccc2c(c1)N(Cc1ccccc1C)C(=O)c1ccccc1S2. The number of nitrogens with zero attached hydrogens (tertiary/aromatic N) is 1. The maximum absolute atomic E-state index is 13.6. The average Bonchev–Trinajstić information content (AvgIpc) is 2.92. The number of aryl methyl sites for hydroxylation is 1. The zero-order chi connectivity index (χ0) is 22.5. The third kappa shape index (κ3) is 4.71. The maximum atomic E-state index is 13.6. The van der Waals surface area contributed by atoms with Gasteiger partial charge >= 0.3 is 0 Å². The molecule has 0 saturated heterocycles. The average molecular weight is 447 g/mol. The van der Waals surface area contributed by atoms with Gasteiger partial charge in [0.15, 0.2) is 0 Å². The van der Waals surface area contributed by atoms with Crippen molar-refractivity contribution >= 4 is 29.3 Å². The van der Waals surface area contributed by atoms with Crippen LogP contribution in [0, 0.1) is 6.92 Å². The summed E-state index contributed by atoms with van der Waals surface area (Å²) >= 11 is 1.56. The van der Waals surface area contributed by atoms with Crippen LogP contribution in [0.15, 0.2) is 76.5 Å². The molecule has 0 saturated carbocycles. The van der Waals surface area contributed by atoms with E-state index in [0.717, 1.165) is 33.0 Å². The summed E-state index contributed by atoms with van der Waals surface area (Å²) in [6.45, 7) is 3.62. The van der Waals surface area contributed by atoms with Crippen molar-refractivity contribution in [1.29, 1.82) is 0 Å². The summed E-state index contributed by atoms with van der Waals surface area (Å²) in [6.07, 6.45) is 0.746. The highest BCUT2D eigenvalue weighted by Crippen LogP contribution is 2.42. The standard InChI is InChI=1S/C26H26N2O3S/c1-18-8-3-4-9-20(18)17-28-22-16-19(25(29)27-14-7-15-31-2)12-13-24(22)32-23-11-6-5-10-21(23)26(28)30/h3-6,8-13,16H,7,14-15,17H2,1-2H3,(H,27,29). The zero-order valence-corrected chi connectivity index (χ0v) is 19.1. The first-order valence-corrected chi connectivity index (χ1v) is 11.4. The second-order valence-electron chi connectivity index (χ2n) is 7.70. The number of hydrogen-bond acceptors (Lipinski definition) is 4. The number of hydrogen-bond donors (Lipinski definition) is 1. The minimum atomic E-state index is -0.154. The van der Waals surface area contributed by atoms with E-state index in [2.05, 4.69) is 5.32 Å². The lowest BCUT2D eigenvalue weighted by Gasteiger charge is -2.24. The number of amides is 2. The van der Waals surface area contributed by atoms with E-state index in [9.17, 15) is 9.59 Å². The van der Waals surface area contributed by atoms with Crippen molar-refractivity contribution in [2.75, 3.05) is 25.2 Å². The number of carbonyl (C=O) groups excluding carboxylic acids is 2. The predicted octanol–water partition coefficient (Wildman–Crippen LogP) is 5.07. The molecule has 164 valence electrons. The molecule has 1 heterocycles. The fourth-order valence-corrected chi connectivity index (χ4v) is 4.76. The number of nitrogens with one attached hydrogen (secondary N) is 1. The molecule has 0 aliphatic carbocycles. The lowest BCUT2D eigenvalue weighted by molar-refractivity contribution is 0.0945. The Labute approximate surface area is 192 Å². The lowest BCUT2D eigenvalue weighted by atomic mass is 10.1. The van der Waals surface area contributed by atoms with Crippen molar-refractivity contribution in [3.63, 3.8) is 0 Å². The second-order valence-corrected chi connectivity index (χ2v) is 8.78. The molecule has 1 aliphatic heterocycles. The molecule has 0 aromatic heterocycles. The van der Waals surface area contributed by atoms with Crippen LogP contribution in [0.2, 0.25) is 0 Å². The van der Waals surface area contributed by atoms with Gasteiger partial charge < -0.3 is 15.0 Å². The summed E-state index contributed by atoms with van der Waals surface area (Å²) in [7, 11) is 1.64. The van der Waals surface area contributed by atoms with Crippen LogP contribution >= 0.6 is 11.8 Å². The molecule has 3 aromatic rings. The van der Waals surface area contributed by atoms with E-state index < -0.39 is 0 Å². The summed E-state index contributed by atoms with van der Waals surface area (Å²) in [6, 6.07) is 21.3. The Morgan fingerprint density at radius 2 is 1.81 bits per heavy atom. The molecule has 4 rings (SSSR count). The van der Waals surface area contributed by atoms with Crippen LogP contribution in [0.3, 0.4) is 0 Å². The monoisotopic (exact) mass is 446 g/mol. The topological polar surface area (TPSA) is 58.6 Å². The summed E-state index contributed by atoms with van der Waals surface area (Å²) in [4.78, 5) is 30.0. The number of anilines is 1. The fraction of sp³-hybridized carbons (Fsp3) is 0.231. The van der Waals surface area contributed by atoms with Crippen molar-refractivity contribution in [2.45, 2.75) is 29.7 Å². The summed E-state index contributed by atoms with van der Waals surface area (Å²) in [5.74, 6) is -0.216. The van der Waals surface area contributed by atoms with Crippen molar-refractivity contribution in [3.8, 4) is 0 Å². The molecule has 0 bridgehead atoms. The van der Waals surface area contributed by atoms with Crippen molar-refractivity contribution in [3.05, 3.63) is 89.0 Å². The molecule has 0 radical (unpaired) electrons. The lowest BCUT2D eigenvalue weighted by Crippen LogP contribution is -2.31. The molecule has 0 unspecified atom stereocenters. The van der Waals surface area contributed by atoms with Gasteiger partial charge in [0.1, 0.15) is 0 Å². The van der Waals surface area contributed by atoms with E-state index in [1.165, 1.54) is 0 Å². The van der Waals surface area contributed by atoms with E-state index in [1.807, 2.05) is 73.7 Å². The molecular weight excluding hydrogens is 420 g/mol. The van der Waals surface area contributed by atoms with Crippen LogP contribution in [0.1, 0.15) is 38.3 Å². The van der Waals surface area contributed by atoms with Crippen LogP contribution in [0.4, 0.5) is 5.69 Å². The van der Waals surface area contributed by atoms with E-state index in [1.54, 1.807) is 23.8 Å². The van der Waals surface area contributed by atoms with E-state index in [0.29, 0.717) is 30.8 Å². The fourth-order valence-electron chi connectivity index (χ4n) is 3.70. The quantitative estimate of drug-likeness (QED) is 0.515. The van der Waals surface area contributed by atoms with Crippen LogP contribution in [0.25, 0.3) is 0 Å². The van der Waals surface area contributed by atoms with Gasteiger partial charge in [-0.05, 0) is 54.8 Å². The number of fused-ring (bicyclic) bond motifs is 2. The minimum absolute atomic E-state index is 0.0623. The maximum Gasteiger partial charge on any atom is 0.259 e. The Morgan fingerprint density at radius 3 is 2.62 bits per heavy atom. The van der Waals surface area contributed by atoms with Gasteiger partial charge in [0, 0.05) is 35.6 Å². The Bertz CT molecular complexity index is 1150. The molecule has 6 heteroatoms. The van der Waals surface area contributed by atoms with Gasteiger partial charge in [0.2, 0.25) is 0 Å². The number of rotatable bonds is 7. The van der Waals surface area contributed by atoms with Gasteiger partial charge in [0.25, 0.3) is 11.8 Å². The number of ether oxygens (including phenoxy) is 1. The van der Waals surface area contributed by atoms with Crippen LogP contribution < -0.4 is 10.2 Å². The summed E-state index contributed by atoms with van der Waals surface area (Å²) < 4.78 is 5.04. The van der Waals surface area contributed by atoms with E-state index in [-0.39, 0.29) is 11.8 Å². The third-order valence-electron chi connectivity index (χ3n) is 5.49. The molecule has 0 atom stereocenters. The van der Waals surface area contributed by atoms with Gasteiger partial charge in [-0.1, -0.05) is 48.2 Å². The molecule has 0 fully saturated rings. The Balaban J connectivity index is 1.72. The van der Waals surface area contributed by atoms with Crippen molar-refractivity contribution in [1.82, 2.24) is 5.32 Å². The highest BCUT2D eigenvalue weighted by molar-refractivity contribution is 7.99. The summed E-state index contributed by atoms with van der Waals surface area (Å²) in [5.41, 5.74) is 4.16.